The molecule has 36 heavy (non-hydrogen) atoms. The zero-order chi connectivity index (χ0) is 26.7. The topological polar surface area (TPSA) is 206 Å². The number of guanidine groups is 1. The summed E-state index contributed by atoms with van der Waals surface area (Å²) in [5.74, 6) is -2.83. The molecule has 0 spiro atoms. The summed E-state index contributed by atoms with van der Waals surface area (Å²) in [6.07, 6.45) is 1.84. The third-order valence-corrected chi connectivity index (χ3v) is 6.20. The SMILES string of the molecule is NC(N)=NCCCC(N)C(=O)NC(Cc1ccccc1)C(=O)NC(CS)C(=O)N1CCCC1C(=O)O. The van der Waals surface area contributed by atoms with Crippen molar-refractivity contribution in [2.24, 2.45) is 22.2 Å². The molecule has 1 saturated heterocycles. The summed E-state index contributed by atoms with van der Waals surface area (Å²) in [6.45, 7) is 0.603. The molecule has 1 aliphatic heterocycles. The lowest BCUT2D eigenvalue weighted by Crippen LogP contribution is -2.58. The van der Waals surface area contributed by atoms with Crippen molar-refractivity contribution < 1.29 is 24.3 Å². The molecule has 1 aromatic rings. The zero-order valence-corrected chi connectivity index (χ0v) is 20.9. The summed E-state index contributed by atoms with van der Waals surface area (Å²) in [4.78, 5) is 55.5. The Morgan fingerprint density at radius 1 is 1.11 bits per heavy atom. The van der Waals surface area contributed by atoms with Gasteiger partial charge >= 0.3 is 5.97 Å². The Bertz CT molecular complexity index is 942. The Hall–Kier alpha value is -3.32. The van der Waals surface area contributed by atoms with Crippen molar-refractivity contribution in [3.8, 4) is 0 Å². The van der Waals surface area contributed by atoms with Crippen LogP contribution in [0.3, 0.4) is 0 Å². The maximum Gasteiger partial charge on any atom is 0.326 e. The number of hydrogen-bond acceptors (Lipinski definition) is 7. The van der Waals surface area contributed by atoms with E-state index in [2.05, 4.69) is 28.3 Å². The first-order valence-corrected chi connectivity index (χ1v) is 12.4. The van der Waals surface area contributed by atoms with Crippen molar-refractivity contribution in [3.63, 3.8) is 0 Å². The van der Waals surface area contributed by atoms with Crippen molar-refractivity contribution >= 4 is 42.3 Å². The highest BCUT2D eigenvalue weighted by atomic mass is 32.1. The number of aliphatic imine (C=N–C) groups is 1. The molecule has 9 N–H and O–H groups in total. The van der Waals surface area contributed by atoms with Crippen LogP contribution in [0.4, 0.5) is 0 Å². The number of nitrogens with two attached hydrogens (primary N) is 3. The Labute approximate surface area is 215 Å². The van der Waals surface area contributed by atoms with Gasteiger partial charge < -0.3 is 37.8 Å². The fourth-order valence-corrected chi connectivity index (χ4v) is 4.18. The number of carboxylic acid groups (broad SMARTS) is 1. The molecule has 1 fully saturated rings. The second-order valence-electron chi connectivity index (χ2n) is 8.58. The van der Waals surface area contributed by atoms with E-state index in [-0.39, 0.29) is 24.7 Å². The molecule has 12 nitrogen and oxygen atoms in total. The molecule has 0 aliphatic carbocycles. The number of rotatable bonds is 13. The van der Waals surface area contributed by atoms with Gasteiger partial charge in [0.1, 0.15) is 18.1 Å². The minimum Gasteiger partial charge on any atom is -0.480 e. The van der Waals surface area contributed by atoms with Gasteiger partial charge in [0.25, 0.3) is 0 Å². The van der Waals surface area contributed by atoms with E-state index in [1.807, 2.05) is 18.2 Å². The van der Waals surface area contributed by atoms with Gasteiger partial charge in [0.05, 0.1) is 6.04 Å². The highest BCUT2D eigenvalue weighted by Crippen LogP contribution is 2.19. The second-order valence-corrected chi connectivity index (χ2v) is 8.94. The van der Waals surface area contributed by atoms with Gasteiger partial charge in [0.15, 0.2) is 5.96 Å². The number of nitrogens with zero attached hydrogens (tertiary/aromatic N) is 2. The molecule has 198 valence electrons. The molecule has 4 atom stereocenters. The minimum atomic E-state index is -1.09. The first kappa shape index (κ1) is 28.9. The lowest BCUT2D eigenvalue weighted by Gasteiger charge is -2.28. The van der Waals surface area contributed by atoms with Gasteiger partial charge in [-0.05, 0) is 31.2 Å². The summed E-state index contributed by atoms with van der Waals surface area (Å²) >= 11 is 4.19. The third kappa shape index (κ3) is 8.72. The number of nitrogens with one attached hydrogen (secondary N) is 2. The van der Waals surface area contributed by atoms with E-state index in [1.54, 1.807) is 12.1 Å². The average Bonchev–Trinajstić information content (AvgIpc) is 3.35. The average molecular weight is 522 g/mol. The highest BCUT2D eigenvalue weighted by molar-refractivity contribution is 7.80. The number of likely N-dealkylation sites (tertiary alicyclic amines) is 1. The molecule has 4 unspecified atom stereocenters. The summed E-state index contributed by atoms with van der Waals surface area (Å²) < 4.78 is 0. The largest absolute Gasteiger partial charge is 0.480 e. The van der Waals surface area contributed by atoms with Gasteiger partial charge in [-0.3, -0.25) is 19.4 Å². The number of hydrogen-bond donors (Lipinski definition) is 7. The fourth-order valence-electron chi connectivity index (χ4n) is 3.93. The standard InChI is InChI=1S/C23H35N7O5S/c24-15(8-4-10-27-23(25)26)19(31)28-16(12-14-6-2-1-3-7-14)20(32)29-17(13-36)21(33)30-11-5-9-18(30)22(34)35/h1-3,6-7,15-18,36H,4-5,8-13,24H2,(H,28,31)(H,29,32)(H,34,35)(H4,25,26,27). The van der Waals surface area contributed by atoms with Gasteiger partial charge in [-0.25, -0.2) is 4.79 Å². The Morgan fingerprint density at radius 3 is 2.39 bits per heavy atom. The highest BCUT2D eigenvalue weighted by Gasteiger charge is 2.38. The lowest BCUT2D eigenvalue weighted by molar-refractivity contribution is -0.149. The van der Waals surface area contributed by atoms with Crippen molar-refractivity contribution in [1.82, 2.24) is 15.5 Å². The molecular weight excluding hydrogens is 486 g/mol. The van der Waals surface area contributed by atoms with Gasteiger partial charge in [-0.15, -0.1) is 0 Å². The van der Waals surface area contributed by atoms with E-state index >= 15 is 0 Å². The van der Waals surface area contributed by atoms with Crippen LogP contribution in [0.2, 0.25) is 0 Å². The summed E-state index contributed by atoms with van der Waals surface area (Å²) in [5.41, 5.74) is 17.4. The molecule has 0 aromatic heterocycles. The number of benzene rings is 1. The van der Waals surface area contributed by atoms with Crippen molar-refractivity contribution in [3.05, 3.63) is 35.9 Å². The number of amides is 3. The van der Waals surface area contributed by atoms with Crippen LogP contribution < -0.4 is 27.8 Å². The smallest absolute Gasteiger partial charge is 0.326 e. The first-order valence-electron chi connectivity index (χ1n) is 11.7. The summed E-state index contributed by atoms with van der Waals surface area (Å²) in [5, 5.41) is 14.7. The van der Waals surface area contributed by atoms with E-state index in [4.69, 9.17) is 17.2 Å². The van der Waals surface area contributed by atoms with Crippen LogP contribution in [0.1, 0.15) is 31.2 Å². The zero-order valence-electron chi connectivity index (χ0n) is 20.0. The molecule has 0 radical (unpaired) electrons. The van der Waals surface area contributed by atoms with E-state index in [0.717, 1.165) is 5.56 Å². The number of aliphatic carboxylic acids is 1. The van der Waals surface area contributed by atoms with E-state index < -0.39 is 47.9 Å². The fraction of sp³-hybridized carbons (Fsp3) is 0.522. The van der Waals surface area contributed by atoms with Crippen LogP contribution in [0.15, 0.2) is 35.3 Å². The molecule has 1 aliphatic rings. The first-order chi connectivity index (χ1) is 17.1. The number of carbonyl (C=O) groups excluding carboxylic acids is 3. The van der Waals surface area contributed by atoms with Gasteiger partial charge in [-0.2, -0.15) is 12.6 Å². The van der Waals surface area contributed by atoms with Crippen LogP contribution in [0.5, 0.6) is 0 Å². The summed E-state index contributed by atoms with van der Waals surface area (Å²) in [6, 6.07) is 5.16. The predicted molar refractivity (Wildman–Crippen MR) is 138 cm³/mol. The van der Waals surface area contributed by atoms with Crippen LogP contribution in [-0.2, 0) is 25.6 Å². The maximum atomic E-state index is 13.2. The summed E-state index contributed by atoms with van der Waals surface area (Å²) in [7, 11) is 0. The minimum absolute atomic E-state index is 0.0380. The van der Waals surface area contributed by atoms with Crippen molar-refractivity contribution in [1.29, 1.82) is 0 Å². The molecule has 13 heteroatoms. The third-order valence-electron chi connectivity index (χ3n) is 5.84. The molecule has 3 amide bonds. The molecule has 0 bridgehead atoms. The van der Waals surface area contributed by atoms with Crippen molar-refractivity contribution in [2.45, 2.75) is 56.3 Å². The van der Waals surface area contributed by atoms with E-state index in [9.17, 15) is 24.3 Å². The Kier molecular flexibility index (Phi) is 11.5. The van der Waals surface area contributed by atoms with Gasteiger partial charge in [-0.1, -0.05) is 30.3 Å². The number of thiol groups is 1. The molecule has 0 saturated carbocycles. The number of carbonyl (C=O) groups is 4. The maximum absolute atomic E-state index is 13.2. The monoisotopic (exact) mass is 521 g/mol. The van der Waals surface area contributed by atoms with Crippen LogP contribution in [0, 0.1) is 0 Å². The van der Waals surface area contributed by atoms with E-state index in [0.29, 0.717) is 32.2 Å². The van der Waals surface area contributed by atoms with Crippen LogP contribution >= 0.6 is 12.6 Å². The Balaban J connectivity index is 2.10. The van der Waals surface area contributed by atoms with Crippen LogP contribution in [0.25, 0.3) is 0 Å². The van der Waals surface area contributed by atoms with Crippen molar-refractivity contribution in [2.75, 3.05) is 18.8 Å². The van der Waals surface area contributed by atoms with Gasteiger partial charge in [0.2, 0.25) is 17.7 Å². The van der Waals surface area contributed by atoms with Crippen LogP contribution in [-0.4, -0.2) is 82.7 Å². The number of carboxylic acids is 1. The predicted octanol–water partition coefficient (Wildman–Crippen LogP) is -1.41. The van der Waals surface area contributed by atoms with Gasteiger partial charge in [0, 0.05) is 25.3 Å². The quantitative estimate of drug-likeness (QED) is 0.0708. The molecular formula is C23H35N7O5S. The molecule has 2 rings (SSSR count). The van der Waals surface area contributed by atoms with E-state index in [1.165, 1.54) is 4.90 Å². The normalized spacial score (nSPS) is 17.5. The molecule has 1 aromatic carbocycles. The molecule has 1 heterocycles. The second kappa shape index (κ2) is 14.3. The lowest BCUT2D eigenvalue weighted by atomic mass is 10.0. The Morgan fingerprint density at radius 2 is 1.78 bits per heavy atom.